The molecule has 0 atom stereocenters. The number of aliphatic hydroxyl groups is 1. The first-order valence-electron chi connectivity index (χ1n) is 14.0. The molecule has 0 heterocycles. The number of hydrogen-bond donors (Lipinski definition) is 1. The number of hydrogen-bond acceptors (Lipinski definition) is 13. The van der Waals surface area contributed by atoms with Crippen molar-refractivity contribution >= 4 is 0 Å². The number of ether oxygens (including phenoxy) is 12. The SMILES string of the molecule is CCCCCCCCCc1ccc(OCCOCOCOCOCOCOCOCOCOCOCOCO)cc1. The van der Waals surface area contributed by atoms with Gasteiger partial charge < -0.3 is 61.9 Å². The predicted molar refractivity (Wildman–Crippen MR) is 146 cm³/mol. The molecule has 0 bridgehead atoms. The van der Waals surface area contributed by atoms with E-state index >= 15 is 0 Å². The Balaban J connectivity index is 1.75. The van der Waals surface area contributed by atoms with Crippen molar-refractivity contribution in [2.75, 3.05) is 87.9 Å². The lowest BCUT2D eigenvalue weighted by Crippen LogP contribution is -2.13. The van der Waals surface area contributed by atoms with Crippen LogP contribution in [0.25, 0.3) is 0 Å². The van der Waals surface area contributed by atoms with Crippen LogP contribution in [0.2, 0.25) is 0 Å². The summed E-state index contributed by atoms with van der Waals surface area (Å²) in [4.78, 5) is 0. The van der Waals surface area contributed by atoms with Gasteiger partial charge in [0, 0.05) is 0 Å². The van der Waals surface area contributed by atoms with Crippen LogP contribution in [0.4, 0.5) is 0 Å². The van der Waals surface area contributed by atoms with Crippen molar-refractivity contribution in [2.45, 2.75) is 58.3 Å². The van der Waals surface area contributed by atoms with Crippen LogP contribution in [0.5, 0.6) is 5.75 Å². The minimum absolute atomic E-state index is 0.00174. The van der Waals surface area contributed by atoms with E-state index in [9.17, 15) is 0 Å². The Bertz CT molecular complexity index is 636. The summed E-state index contributed by atoms with van der Waals surface area (Å²) in [6.07, 6.45) is 10.4. The van der Waals surface area contributed by atoms with Crippen molar-refractivity contribution in [3.8, 4) is 5.75 Å². The molecule has 0 saturated heterocycles. The van der Waals surface area contributed by atoms with Crippen LogP contribution in [0.1, 0.15) is 57.4 Å². The maximum atomic E-state index is 8.37. The third-order valence-electron chi connectivity index (χ3n) is 5.25. The molecule has 0 aliphatic carbocycles. The Labute approximate surface area is 244 Å². The monoisotopic (exact) mass is 594 g/mol. The summed E-state index contributed by atoms with van der Waals surface area (Å²) in [7, 11) is 0. The molecule has 1 aromatic rings. The van der Waals surface area contributed by atoms with E-state index in [0.717, 1.165) is 12.2 Å². The first-order valence-corrected chi connectivity index (χ1v) is 14.0. The van der Waals surface area contributed by atoms with Crippen molar-refractivity contribution in [3.63, 3.8) is 0 Å². The van der Waals surface area contributed by atoms with E-state index in [4.69, 9.17) is 57.2 Å². The second-order valence-corrected chi connectivity index (χ2v) is 8.62. The molecule has 0 fully saturated rings. The van der Waals surface area contributed by atoms with Gasteiger partial charge in [-0.05, 0) is 30.5 Å². The zero-order valence-corrected chi connectivity index (χ0v) is 24.5. The molecule has 0 saturated carbocycles. The molecule has 41 heavy (non-hydrogen) atoms. The van der Waals surface area contributed by atoms with Crippen molar-refractivity contribution in [1.29, 1.82) is 0 Å². The molecule has 1 aromatic carbocycles. The molecule has 240 valence electrons. The van der Waals surface area contributed by atoms with Crippen LogP contribution in [0.3, 0.4) is 0 Å². The van der Waals surface area contributed by atoms with E-state index in [-0.39, 0.29) is 67.9 Å². The second kappa shape index (κ2) is 31.5. The van der Waals surface area contributed by atoms with Crippen molar-refractivity contribution in [1.82, 2.24) is 0 Å². The van der Waals surface area contributed by atoms with Crippen LogP contribution in [0, 0.1) is 0 Å². The summed E-state index contributed by atoms with van der Waals surface area (Å²) in [5.74, 6) is 0.836. The zero-order valence-electron chi connectivity index (χ0n) is 24.5. The average molecular weight is 595 g/mol. The van der Waals surface area contributed by atoms with Gasteiger partial charge >= 0.3 is 0 Å². The minimum Gasteiger partial charge on any atom is -0.491 e. The maximum Gasteiger partial charge on any atom is 0.152 e. The smallest absolute Gasteiger partial charge is 0.152 e. The lowest BCUT2D eigenvalue weighted by atomic mass is 10.0. The molecule has 1 rings (SSSR count). The van der Waals surface area contributed by atoms with Gasteiger partial charge in [0.25, 0.3) is 0 Å². The highest BCUT2D eigenvalue weighted by molar-refractivity contribution is 5.27. The highest BCUT2D eigenvalue weighted by Crippen LogP contribution is 2.15. The quantitative estimate of drug-likeness (QED) is 0.0928. The summed E-state index contributed by atoms with van der Waals surface area (Å²) in [6.45, 7) is 2.59. The second-order valence-electron chi connectivity index (χ2n) is 8.62. The summed E-state index contributed by atoms with van der Waals surface area (Å²) in [5.41, 5.74) is 1.35. The Morgan fingerprint density at radius 2 is 0.878 bits per heavy atom. The summed E-state index contributed by atoms with van der Waals surface area (Å²) >= 11 is 0. The fraction of sp³-hybridized carbons (Fsp3) is 0.786. The summed E-state index contributed by atoms with van der Waals surface area (Å²) in [5, 5.41) is 8.37. The van der Waals surface area contributed by atoms with Crippen molar-refractivity contribution < 1.29 is 61.9 Å². The van der Waals surface area contributed by atoms with E-state index in [1.54, 1.807) is 0 Å². The maximum absolute atomic E-state index is 8.37. The first kappa shape index (κ1) is 37.6. The van der Waals surface area contributed by atoms with Gasteiger partial charge in [-0.2, -0.15) is 0 Å². The Kier molecular flexibility index (Phi) is 28.8. The third-order valence-corrected chi connectivity index (χ3v) is 5.25. The van der Waals surface area contributed by atoms with Gasteiger partial charge in [-0.15, -0.1) is 0 Å². The number of unbranched alkanes of at least 4 members (excludes halogenated alkanes) is 6. The summed E-state index contributed by atoms with van der Waals surface area (Å²) < 4.78 is 61.0. The van der Waals surface area contributed by atoms with Crippen LogP contribution < -0.4 is 4.74 Å². The Hall–Kier alpha value is -1.46. The van der Waals surface area contributed by atoms with Crippen molar-refractivity contribution in [2.24, 2.45) is 0 Å². The Morgan fingerprint density at radius 3 is 1.34 bits per heavy atom. The van der Waals surface area contributed by atoms with E-state index in [1.807, 2.05) is 12.1 Å². The largest absolute Gasteiger partial charge is 0.491 e. The van der Waals surface area contributed by atoms with Gasteiger partial charge in [0.15, 0.2) is 61.1 Å². The molecule has 0 spiro atoms. The predicted octanol–water partition coefficient (Wildman–Crippen LogP) is 4.07. The summed E-state index contributed by atoms with van der Waals surface area (Å²) in [6, 6.07) is 8.29. The standard InChI is InChI=1S/C28H50O13/c1-2-3-4-5-6-7-8-9-27-10-12-28(13-11-27)41-15-14-30-17-32-19-34-21-36-23-38-25-40-26-39-24-37-22-35-20-33-18-31-16-29/h10-13,29H,2-9,14-26H2,1H3. The fourth-order valence-corrected chi connectivity index (χ4v) is 3.25. The zero-order chi connectivity index (χ0) is 29.3. The highest BCUT2D eigenvalue weighted by Gasteiger charge is 1.98. The Morgan fingerprint density at radius 1 is 0.463 bits per heavy atom. The molecular formula is C28H50O13. The molecule has 0 unspecified atom stereocenters. The van der Waals surface area contributed by atoms with E-state index in [0.29, 0.717) is 13.2 Å². The molecule has 13 nitrogen and oxygen atoms in total. The van der Waals surface area contributed by atoms with Gasteiger partial charge in [-0.25, -0.2) is 0 Å². The van der Waals surface area contributed by atoms with Crippen LogP contribution in [-0.2, 0) is 58.5 Å². The molecule has 0 aliphatic heterocycles. The van der Waals surface area contributed by atoms with E-state index in [2.05, 4.69) is 23.8 Å². The molecule has 13 heteroatoms. The average Bonchev–Trinajstić information content (AvgIpc) is 2.99. The lowest BCUT2D eigenvalue weighted by molar-refractivity contribution is -0.233. The number of aryl methyl sites for hydroxylation is 1. The van der Waals surface area contributed by atoms with Gasteiger partial charge in [0.1, 0.15) is 25.9 Å². The minimum atomic E-state index is -0.411. The van der Waals surface area contributed by atoms with Crippen LogP contribution in [0.15, 0.2) is 24.3 Å². The molecule has 1 N–H and O–H groups in total. The number of aliphatic hydroxyl groups excluding tert-OH is 1. The fourth-order valence-electron chi connectivity index (χ4n) is 3.25. The van der Waals surface area contributed by atoms with Gasteiger partial charge in [0.2, 0.25) is 0 Å². The van der Waals surface area contributed by atoms with Crippen molar-refractivity contribution in [3.05, 3.63) is 29.8 Å². The first-order chi connectivity index (χ1) is 20.4. The van der Waals surface area contributed by atoms with E-state index in [1.165, 1.54) is 50.5 Å². The number of benzene rings is 1. The normalized spacial score (nSPS) is 11.4. The number of rotatable bonds is 33. The van der Waals surface area contributed by atoms with Gasteiger partial charge in [-0.3, -0.25) is 0 Å². The topological polar surface area (TPSA) is 131 Å². The van der Waals surface area contributed by atoms with Crippen LogP contribution in [-0.4, -0.2) is 93.0 Å². The molecule has 0 radical (unpaired) electrons. The molecule has 0 aromatic heterocycles. The molecule has 0 amide bonds. The van der Waals surface area contributed by atoms with Crippen LogP contribution >= 0.6 is 0 Å². The van der Waals surface area contributed by atoms with E-state index < -0.39 is 6.79 Å². The van der Waals surface area contributed by atoms with Gasteiger partial charge in [-0.1, -0.05) is 57.6 Å². The van der Waals surface area contributed by atoms with Gasteiger partial charge in [0.05, 0.1) is 6.61 Å². The third kappa shape index (κ3) is 27.1. The molecule has 0 aliphatic rings. The molecular weight excluding hydrogens is 544 g/mol. The highest BCUT2D eigenvalue weighted by atomic mass is 16.8. The lowest BCUT2D eigenvalue weighted by Gasteiger charge is -2.10.